The molecule has 1 unspecified atom stereocenters. The molecule has 0 bridgehead atoms. The van der Waals surface area contributed by atoms with Gasteiger partial charge in [-0.25, -0.2) is 16.8 Å². The minimum absolute atomic E-state index is 0.0323. The van der Waals surface area contributed by atoms with Gasteiger partial charge in [0.25, 0.3) is 0 Å². The summed E-state index contributed by atoms with van der Waals surface area (Å²) in [6.07, 6.45) is 2.26. The van der Waals surface area contributed by atoms with Gasteiger partial charge in [0.2, 0.25) is 20.0 Å². The molecular weight excluding hydrogens is 390 g/mol. The van der Waals surface area contributed by atoms with Crippen molar-refractivity contribution in [3.05, 3.63) is 59.7 Å². The third-order valence-electron chi connectivity index (χ3n) is 4.04. The molecule has 2 aromatic rings. The van der Waals surface area contributed by atoms with Crippen molar-refractivity contribution in [3.8, 4) is 5.75 Å². The summed E-state index contributed by atoms with van der Waals surface area (Å²) in [7, 11) is -7.23. The maximum absolute atomic E-state index is 12.2. The maximum Gasteiger partial charge on any atom is 0.247 e. The Labute approximate surface area is 158 Å². The molecule has 3 rings (SSSR count). The van der Waals surface area contributed by atoms with E-state index in [0.717, 1.165) is 16.9 Å². The predicted octanol–water partition coefficient (Wildman–Crippen LogP) is 1.87. The van der Waals surface area contributed by atoms with Crippen molar-refractivity contribution in [1.29, 1.82) is 0 Å². The Hall–Kier alpha value is -2.59. The van der Waals surface area contributed by atoms with E-state index in [1.54, 1.807) is 42.5 Å². The smallest absolute Gasteiger partial charge is 0.247 e. The van der Waals surface area contributed by atoms with Crippen LogP contribution in [0.5, 0.6) is 5.75 Å². The summed E-state index contributed by atoms with van der Waals surface area (Å²) in [5.41, 5.74) is 1.62. The maximum atomic E-state index is 12.2. The lowest BCUT2D eigenvalue weighted by molar-refractivity contribution is 0.361. The molecule has 0 saturated carbocycles. The second-order valence-electron chi connectivity index (χ2n) is 6.28. The Morgan fingerprint density at radius 3 is 2.30 bits per heavy atom. The molecule has 2 N–H and O–H groups in total. The largest absolute Gasteiger partial charge is 0.508 e. The van der Waals surface area contributed by atoms with E-state index in [0.29, 0.717) is 22.5 Å². The number of nitrogens with one attached hydrogen (secondary N) is 1. The second kappa shape index (κ2) is 6.86. The first-order chi connectivity index (χ1) is 12.6. The van der Waals surface area contributed by atoms with E-state index in [9.17, 15) is 21.9 Å². The van der Waals surface area contributed by atoms with Gasteiger partial charge in [0.1, 0.15) is 5.75 Å². The summed E-state index contributed by atoms with van der Waals surface area (Å²) in [5.74, 6) is -0.0323. The Bertz CT molecular complexity index is 1110. The van der Waals surface area contributed by atoms with Crippen LogP contribution in [0.25, 0.3) is 0 Å². The van der Waals surface area contributed by atoms with Crippen LogP contribution in [0, 0.1) is 0 Å². The van der Waals surface area contributed by atoms with Gasteiger partial charge in [-0.05, 0) is 12.1 Å². The van der Waals surface area contributed by atoms with Gasteiger partial charge in [-0.1, -0.05) is 36.4 Å². The number of phenols is 1. The van der Waals surface area contributed by atoms with Crippen molar-refractivity contribution in [2.75, 3.05) is 17.2 Å². The van der Waals surface area contributed by atoms with E-state index in [4.69, 9.17) is 0 Å². The Morgan fingerprint density at radius 2 is 1.67 bits per heavy atom. The number of rotatable bonds is 5. The average molecular weight is 409 g/mol. The normalized spacial score (nSPS) is 17.6. The van der Waals surface area contributed by atoms with Crippen molar-refractivity contribution >= 4 is 31.4 Å². The predicted molar refractivity (Wildman–Crippen MR) is 104 cm³/mol. The van der Waals surface area contributed by atoms with Crippen LogP contribution in [0.4, 0.5) is 5.69 Å². The van der Waals surface area contributed by atoms with Crippen LogP contribution in [0.2, 0.25) is 0 Å². The summed E-state index contributed by atoms with van der Waals surface area (Å²) in [5, 5.41) is 14.4. The summed E-state index contributed by atoms with van der Waals surface area (Å²) >= 11 is 0. The molecule has 0 fully saturated rings. The van der Waals surface area contributed by atoms with E-state index < -0.39 is 26.1 Å². The molecule has 0 saturated heterocycles. The minimum atomic E-state index is -3.71. The highest BCUT2D eigenvalue weighted by atomic mass is 32.2. The lowest BCUT2D eigenvalue weighted by atomic mass is 9.98. The van der Waals surface area contributed by atoms with Crippen LogP contribution in [-0.4, -0.2) is 44.6 Å². The van der Waals surface area contributed by atoms with E-state index in [1.165, 1.54) is 6.07 Å². The fourth-order valence-corrected chi connectivity index (χ4v) is 4.46. The van der Waals surface area contributed by atoms with Crippen molar-refractivity contribution in [3.63, 3.8) is 0 Å². The molecule has 1 aliphatic heterocycles. The molecular formula is C17H19N3O5S2. The number of nitrogens with zero attached hydrogens (tertiary/aromatic N) is 2. The summed E-state index contributed by atoms with van der Waals surface area (Å²) in [4.78, 5) is 0. The van der Waals surface area contributed by atoms with Crippen LogP contribution in [0.1, 0.15) is 23.6 Å². The third-order valence-corrected chi connectivity index (χ3v) is 5.65. The molecule has 0 radical (unpaired) electrons. The van der Waals surface area contributed by atoms with E-state index in [2.05, 4.69) is 9.82 Å². The zero-order chi connectivity index (χ0) is 19.8. The molecule has 1 atom stereocenters. The molecule has 0 aliphatic carbocycles. The third kappa shape index (κ3) is 4.22. The summed E-state index contributed by atoms with van der Waals surface area (Å²) in [6, 6.07) is 12.4. The standard InChI is InChI=1S/C17H19N3O5S2/c1-26(22,23)19-14-9-5-3-7-12(14)15-11-16(20(18-15)27(2,24)25)13-8-4-6-10-17(13)21/h3-10,16,19,21H,11H2,1-2H3. The van der Waals surface area contributed by atoms with E-state index >= 15 is 0 Å². The number of phenolic OH excluding ortho intramolecular Hbond substituents is 1. The molecule has 27 heavy (non-hydrogen) atoms. The SMILES string of the molecule is CS(=O)(=O)Nc1ccccc1C1=NN(S(C)(=O)=O)C(c2ccccc2O)C1. The molecule has 1 heterocycles. The minimum Gasteiger partial charge on any atom is -0.508 e. The highest BCUT2D eigenvalue weighted by Crippen LogP contribution is 2.39. The van der Waals surface area contributed by atoms with Crippen LogP contribution in [-0.2, 0) is 20.0 Å². The number of hydrazone groups is 1. The highest BCUT2D eigenvalue weighted by molar-refractivity contribution is 7.92. The van der Waals surface area contributed by atoms with Crippen LogP contribution in [0.3, 0.4) is 0 Å². The highest BCUT2D eigenvalue weighted by Gasteiger charge is 2.36. The second-order valence-corrected chi connectivity index (χ2v) is 9.87. The molecule has 0 amide bonds. The molecule has 10 heteroatoms. The number of hydrogen-bond acceptors (Lipinski definition) is 6. The fraction of sp³-hybridized carbons (Fsp3) is 0.235. The average Bonchev–Trinajstić information content (AvgIpc) is 2.99. The number of sulfonamides is 2. The summed E-state index contributed by atoms with van der Waals surface area (Å²) in [6.45, 7) is 0. The fourth-order valence-electron chi connectivity index (χ4n) is 2.98. The molecule has 2 aromatic carbocycles. The first-order valence-electron chi connectivity index (χ1n) is 7.98. The topological polar surface area (TPSA) is 116 Å². The number of para-hydroxylation sites is 2. The van der Waals surface area contributed by atoms with Gasteiger partial charge >= 0.3 is 0 Å². The number of aromatic hydroxyl groups is 1. The van der Waals surface area contributed by atoms with Gasteiger partial charge < -0.3 is 5.11 Å². The van der Waals surface area contributed by atoms with Gasteiger partial charge in [0, 0.05) is 17.5 Å². The van der Waals surface area contributed by atoms with Gasteiger partial charge in [-0.3, -0.25) is 4.72 Å². The Morgan fingerprint density at radius 1 is 1.04 bits per heavy atom. The first-order valence-corrected chi connectivity index (χ1v) is 11.7. The van der Waals surface area contributed by atoms with Gasteiger partial charge in [0.05, 0.1) is 30.0 Å². The first kappa shape index (κ1) is 19.2. The summed E-state index contributed by atoms with van der Waals surface area (Å²) < 4.78 is 51.1. The van der Waals surface area contributed by atoms with Crippen LogP contribution < -0.4 is 4.72 Å². The van der Waals surface area contributed by atoms with E-state index in [1.807, 2.05) is 0 Å². The van der Waals surface area contributed by atoms with Crippen molar-refractivity contribution in [2.45, 2.75) is 12.5 Å². The number of hydrogen-bond donors (Lipinski definition) is 2. The molecule has 8 nitrogen and oxygen atoms in total. The Balaban J connectivity index is 2.08. The molecule has 0 spiro atoms. The zero-order valence-corrected chi connectivity index (χ0v) is 16.3. The Kier molecular flexibility index (Phi) is 4.87. The van der Waals surface area contributed by atoms with Crippen LogP contribution >= 0.6 is 0 Å². The number of anilines is 1. The van der Waals surface area contributed by atoms with Gasteiger partial charge in [0.15, 0.2) is 0 Å². The lowest BCUT2D eigenvalue weighted by Gasteiger charge is -2.22. The van der Waals surface area contributed by atoms with Gasteiger partial charge in [-0.2, -0.15) is 9.52 Å². The lowest BCUT2D eigenvalue weighted by Crippen LogP contribution is -2.25. The monoisotopic (exact) mass is 409 g/mol. The molecule has 144 valence electrons. The molecule has 0 aromatic heterocycles. The van der Waals surface area contributed by atoms with Crippen molar-refractivity contribution < 1.29 is 21.9 Å². The number of benzene rings is 2. The van der Waals surface area contributed by atoms with E-state index in [-0.39, 0.29) is 12.2 Å². The quantitative estimate of drug-likeness (QED) is 0.782. The zero-order valence-electron chi connectivity index (χ0n) is 14.7. The van der Waals surface area contributed by atoms with Crippen LogP contribution in [0.15, 0.2) is 53.6 Å². The molecule has 1 aliphatic rings. The van der Waals surface area contributed by atoms with Gasteiger partial charge in [-0.15, -0.1) is 0 Å². The van der Waals surface area contributed by atoms with Crippen molar-refractivity contribution in [2.24, 2.45) is 5.10 Å². The van der Waals surface area contributed by atoms with Crippen molar-refractivity contribution in [1.82, 2.24) is 4.41 Å².